The van der Waals surface area contributed by atoms with Gasteiger partial charge >= 0.3 is 0 Å². The lowest BCUT2D eigenvalue weighted by molar-refractivity contribution is 0.0277. The lowest BCUT2D eigenvalue weighted by Crippen LogP contribution is -2.37. The summed E-state index contributed by atoms with van der Waals surface area (Å²) in [7, 11) is -1.41. The van der Waals surface area contributed by atoms with Crippen LogP contribution in [0.3, 0.4) is 0 Å². The van der Waals surface area contributed by atoms with E-state index in [1.54, 1.807) is 19.2 Å². The molecule has 0 spiro atoms. The smallest absolute Gasteiger partial charge is 0.191 e. The number of rotatable bonds is 8. The van der Waals surface area contributed by atoms with Gasteiger partial charge in [0.25, 0.3) is 0 Å². The standard InChI is InChI=1S/C19H31N3O3S/c1-20-19(21-13-6-14-25-17-7-4-3-5-8-17)22-15-16-9-11-18(12-10-16)26(2,23)24/h9-12,17H,3-8,13-15H2,1-2H3,(H2,20,21,22). The van der Waals surface area contributed by atoms with Crippen LogP contribution in [0.15, 0.2) is 34.2 Å². The van der Waals surface area contributed by atoms with Gasteiger partial charge in [0.1, 0.15) is 0 Å². The average molecular weight is 382 g/mol. The Kier molecular flexibility index (Phi) is 8.38. The van der Waals surface area contributed by atoms with Crippen LogP contribution in [0.25, 0.3) is 0 Å². The Hall–Kier alpha value is -1.60. The molecule has 1 aliphatic rings. The topological polar surface area (TPSA) is 79.8 Å². The highest BCUT2D eigenvalue weighted by molar-refractivity contribution is 7.90. The van der Waals surface area contributed by atoms with E-state index >= 15 is 0 Å². The third-order valence-corrected chi connectivity index (χ3v) is 5.68. The number of guanidine groups is 1. The molecule has 1 fully saturated rings. The fourth-order valence-corrected chi connectivity index (χ4v) is 3.65. The van der Waals surface area contributed by atoms with Gasteiger partial charge in [-0.05, 0) is 37.0 Å². The van der Waals surface area contributed by atoms with Crippen LogP contribution in [0.1, 0.15) is 44.1 Å². The maximum atomic E-state index is 11.5. The summed E-state index contributed by atoms with van der Waals surface area (Å²) in [5.74, 6) is 0.731. The highest BCUT2D eigenvalue weighted by Crippen LogP contribution is 2.20. The van der Waals surface area contributed by atoms with Gasteiger partial charge in [-0.3, -0.25) is 4.99 Å². The number of nitrogens with zero attached hydrogens (tertiary/aromatic N) is 1. The molecule has 0 radical (unpaired) electrons. The molecule has 6 nitrogen and oxygen atoms in total. The number of sulfone groups is 1. The highest BCUT2D eigenvalue weighted by atomic mass is 32.2. The summed E-state index contributed by atoms with van der Waals surface area (Å²) in [5.41, 5.74) is 1.00. The summed E-state index contributed by atoms with van der Waals surface area (Å²) in [6.45, 7) is 2.17. The molecule has 1 aromatic rings. The van der Waals surface area contributed by atoms with Crippen LogP contribution in [0.4, 0.5) is 0 Å². The Balaban J connectivity index is 1.64. The van der Waals surface area contributed by atoms with Crippen molar-refractivity contribution in [2.75, 3.05) is 26.5 Å². The predicted molar refractivity (Wildman–Crippen MR) is 105 cm³/mol. The molecule has 2 N–H and O–H groups in total. The fraction of sp³-hybridized carbons (Fsp3) is 0.632. The summed E-state index contributed by atoms with van der Waals surface area (Å²) in [5, 5.41) is 6.51. The zero-order chi connectivity index (χ0) is 18.8. The molecule has 0 aromatic heterocycles. The Labute approximate surface area is 157 Å². The van der Waals surface area contributed by atoms with Crippen LogP contribution in [0, 0.1) is 0 Å². The van der Waals surface area contributed by atoms with Gasteiger partial charge < -0.3 is 15.4 Å². The lowest BCUT2D eigenvalue weighted by atomic mass is 9.98. The lowest BCUT2D eigenvalue weighted by Gasteiger charge is -2.22. The SMILES string of the molecule is CN=C(NCCCOC1CCCCC1)NCc1ccc(S(C)(=O)=O)cc1. The van der Waals surface area contributed by atoms with Gasteiger partial charge in [0, 0.05) is 33.0 Å². The van der Waals surface area contributed by atoms with E-state index in [0.29, 0.717) is 17.5 Å². The first-order valence-electron chi connectivity index (χ1n) is 9.34. The van der Waals surface area contributed by atoms with Crippen molar-refractivity contribution in [1.29, 1.82) is 0 Å². The summed E-state index contributed by atoms with van der Waals surface area (Å²) < 4.78 is 28.9. The Bertz CT molecular complexity index is 666. The molecule has 1 aromatic carbocycles. The van der Waals surface area contributed by atoms with Crippen molar-refractivity contribution in [3.63, 3.8) is 0 Å². The number of aliphatic imine (C=N–C) groups is 1. The zero-order valence-corrected chi connectivity index (χ0v) is 16.6. The van der Waals surface area contributed by atoms with Crippen LogP contribution in [0.2, 0.25) is 0 Å². The molecule has 0 saturated heterocycles. The molecule has 1 aliphatic carbocycles. The molecule has 0 atom stereocenters. The van der Waals surface area contributed by atoms with E-state index in [4.69, 9.17) is 4.74 Å². The van der Waals surface area contributed by atoms with E-state index in [2.05, 4.69) is 15.6 Å². The summed E-state index contributed by atoms with van der Waals surface area (Å²) in [4.78, 5) is 4.54. The Morgan fingerprint density at radius 2 is 1.85 bits per heavy atom. The van der Waals surface area contributed by atoms with Crippen molar-refractivity contribution in [3.8, 4) is 0 Å². The zero-order valence-electron chi connectivity index (χ0n) is 15.8. The number of hydrogen-bond donors (Lipinski definition) is 2. The Morgan fingerprint density at radius 1 is 1.15 bits per heavy atom. The van der Waals surface area contributed by atoms with Gasteiger partial charge in [0.15, 0.2) is 15.8 Å². The van der Waals surface area contributed by atoms with Crippen molar-refractivity contribution in [2.24, 2.45) is 4.99 Å². The quantitative estimate of drug-likeness (QED) is 0.411. The molecule has 0 amide bonds. The molecular formula is C19H31N3O3S. The molecule has 0 aliphatic heterocycles. The third kappa shape index (κ3) is 7.33. The first kappa shape index (κ1) is 20.7. The van der Waals surface area contributed by atoms with E-state index in [1.807, 2.05) is 12.1 Å². The first-order valence-corrected chi connectivity index (χ1v) is 11.2. The molecule has 26 heavy (non-hydrogen) atoms. The molecule has 1 saturated carbocycles. The van der Waals surface area contributed by atoms with Crippen molar-refractivity contribution in [3.05, 3.63) is 29.8 Å². The van der Waals surface area contributed by atoms with Crippen molar-refractivity contribution in [1.82, 2.24) is 10.6 Å². The minimum atomic E-state index is -3.15. The van der Waals surface area contributed by atoms with Gasteiger partial charge in [-0.2, -0.15) is 0 Å². The van der Waals surface area contributed by atoms with Crippen molar-refractivity contribution < 1.29 is 13.2 Å². The van der Waals surface area contributed by atoms with Gasteiger partial charge in [0.2, 0.25) is 0 Å². The molecule has 7 heteroatoms. The van der Waals surface area contributed by atoms with Gasteiger partial charge in [-0.15, -0.1) is 0 Å². The maximum Gasteiger partial charge on any atom is 0.191 e. The van der Waals surface area contributed by atoms with Crippen LogP contribution in [-0.2, 0) is 21.1 Å². The largest absolute Gasteiger partial charge is 0.378 e. The van der Waals surface area contributed by atoms with E-state index in [-0.39, 0.29) is 0 Å². The molecule has 2 rings (SSSR count). The van der Waals surface area contributed by atoms with E-state index in [9.17, 15) is 8.42 Å². The van der Waals surface area contributed by atoms with Crippen LogP contribution < -0.4 is 10.6 Å². The van der Waals surface area contributed by atoms with E-state index < -0.39 is 9.84 Å². The number of benzene rings is 1. The number of ether oxygens (including phenoxy) is 1. The summed E-state index contributed by atoms with van der Waals surface area (Å²) >= 11 is 0. The second-order valence-corrected chi connectivity index (χ2v) is 8.77. The number of nitrogens with one attached hydrogen (secondary N) is 2. The normalized spacial score (nSPS) is 16.5. The van der Waals surface area contributed by atoms with Crippen LogP contribution in [0.5, 0.6) is 0 Å². The molecule has 0 heterocycles. The number of hydrogen-bond acceptors (Lipinski definition) is 4. The molecule has 146 valence electrons. The van der Waals surface area contributed by atoms with E-state index in [1.165, 1.54) is 38.4 Å². The first-order chi connectivity index (χ1) is 12.5. The molecular weight excluding hydrogens is 350 g/mol. The fourth-order valence-electron chi connectivity index (χ4n) is 3.02. The van der Waals surface area contributed by atoms with Crippen molar-refractivity contribution in [2.45, 2.75) is 56.1 Å². The van der Waals surface area contributed by atoms with Gasteiger partial charge in [0.05, 0.1) is 11.0 Å². The van der Waals surface area contributed by atoms with Gasteiger partial charge in [-0.25, -0.2) is 8.42 Å². The summed E-state index contributed by atoms with van der Waals surface area (Å²) in [6.07, 6.45) is 8.96. The van der Waals surface area contributed by atoms with Crippen LogP contribution >= 0.6 is 0 Å². The Morgan fingerprint density at radius 3 is 2.46 bits per heavy atom. The monoisotopic (exact) mass is 381 g/mol. The maximum absolute atomic E-state index is 11.5. The minimum absolute atomic E-state index is 0.335. The van der Waals surface area contributed by atoms with E-state index in [0.717, 1.165) is 31.1 Å². The highest BCUT2D eigenvalue weighted by Gasteiger charge is 2.13. The molecule has 0 unspecified atom stereocenters. The average Bonchev–Trinajstić information content (AvgIpc) is 2.64. The minimum Gasteiger partial charge on any atom is -0.378 e. The predicted octanol–water partition coefficient (Wildman–Crippen LogP) is 2.49. The van der Waals surface area contributed by atoms with Gasteiger partial charge in [-0.1, -0.05) is 31.4 Å². The molecule has 0 bridgehead atoms. The second-order valence-electron chi connectivity index (χ2n) is 6.75. The summed E-state index contributed by atoms with van der Waals surface area (Å²) in [6, 6.07) is 6.89. The second kappa shape index (κ2) is 10.5. The van der Waals surface area contributed by atoms with Crippen LogP contribution in [-0.4, -0.2) is 46.9 Å². The third-order valence-electron chi connectivity index (χ3n) is 4.55. The van der Waals surface area contributed by atoms with Crippen molar-refractivity contribution >= 4 is 15.8 Å².